The molecule has 186 valence electrons. The molecular formula is C26H25Cl2N5O2S. The molecule has 3 aromatic carbocycles. The second-order valence-corrected chi connectivity index (χ2v) is 9.86. The molecular weight excluding hydrogens is 517 g/mol. The van der Waals surface area contributed by atoms with Crippen LogP contribution >= 0.6 is 35.0 Å². The van der Waals surface area contributed by atoms with E-state index in [4.69, 9.17) is 27.9 Å². The van der Waals surface area contributed by atoms with Gasteiger partial charge in [0.25, 0.3) is 0 Å². The zero-order valence-electron chi connectivity index (χ0n) is 20.0. The maximum atomic E-state index is 12.6. The van der Waals surface area contributed by atoms with Gasteiger partial charge < -0.3 is 15.4 Å². The highest BCUT2D eigenvalue weighted by atomic mass is 35.5. The van der Waals surface area contributed by atoms with Gasteiger partial charge in [0.05, 0.1) is 24.4 Å². The lowest BCUT2D eigenvalue weighted by atomic mass is 10.1. The lowest BCUT2D eigenvalue weighted by molar-refractivity contribution is 0.251. The predicted molar refractivity (Wildman–Crippen MR) is 146 cm³/mol. The highest BCUT2D eigenvalue weighted by Gasteiger charge is 2.18. The van der Waals surface area contributed by atoms with Gasteiger partial charge >= 0.3 is 6.03 Å². The maximum absolute atomic E-state index is 12.6. The van der Waals surface area contributed by atoms with E-state index >= 15 is 0 Å². The molecule has 0 saturated heterocycles. The summed E-state index contributed by atoms with van der Waals surface area (Å²) in [6, 6.07) is 18.5. The smallest absolute Gasteiger partial charge is 0.319 e. The van der Waals surface area contributed by atoms with Crippen LogP contribution in [0.5, 0.6) is 5.75 Å². The van der Waals surface area contributed by atoms with E-state index in [-0.39, 0.29) is 12.6 Å². The maximum Gasteiger partial charge on any atom is 0.319 e. The molecule has 1 heterocycles. The Morgan fingerprint density at radius 2 is 1.86 bits per heavy atom. The average Bonchev–Trinajstić information content (AvgIpc) is 3.26. The zero-order chi connectivity index (χ0) is 25.7. The summed E-state index contributed by atoms with van der Waals surface area (Å²) >= 11 is 14.2. The summed E-state index contributed by atoms with van der Waals surface area (Å²) in [6.45, 7) is 4.17. The Labute approximate surface area is 224 Å². The van der Waals surface area contributed by atoms with Crippen LogP contribution in [-0.2, 0) is 12.3 Å². The number of aryl methyl sites for hydroxylation is 2. The number of thioether (sulfide) groups is 1. The fourth-order valence-corrected chi connectivity index (χ4v) is 4.88. The molecule has 0 radical (unpaired) electrons. The van der Waals surface area contributed by atoms with Crippen LogP contribution in [0.4, 0.5) is 10.5 Å². The first-order valence-corrected chi connectivity index (χ1v) is 12.9. The summed E-state index contributed by atoms with van der Waals surface area (Å²) in [5.74, 6) is 1.96. The number of hydrogen-bond acceptors (Lipinski definition) is 5. The molecule has 0 unspecified atom stereocenters. The van der Waals surface area contributed by atoms with Crippen molar-refractivity contribution in [2.75, 3.05) is 12.4 Å². The van der Waals surface area contributed by atoms with Crippen molar-refractivity contribution in [3.05, 3.63) is 93.2 Å². The number of ether oxygens (including phenoxy) is 1. The number of halogens is 2. The lowest BCUT2D eigenvalue weighted by Crippen LogP contribution is -2.29. The van der Waals surface area contributed by atoms with Gasteiger partial charge in [-0.15, -0.1) is 10.2 Å². The van der Waals surface area contributed by atoms with E-state index in [0.717, 1.165) is 22.4 Å². The van der Waals surface area contributed by atoms with Gasteiger partial charge in [-0.05, 0) is 73.0 Å². The van der Waals surface area contributed by atoms with Gasteiger partial charge in [0.15, 0.2) is 11.0 Å². The molecule has 4 rings (SSSR count). The van der Waals surface area contributed by atoms with Gasteiger partial charge in [-0.25, -0.2) is 4.79 Å². The molecule has 0 spiro atoms. The number of methoxy groups -OCH3 is 1. The standard InChI is InChI=1S/C26H25Cl2N5O2S/c1-16-7-9-20(11-17(16)2)30-25(34)29-14-24-31-32-26(33(24)23-10-8-19(27)13-22(23)28)36-15-18-5-4-6-21(12-18)35-3/h4-13H,14-15H2,1-3H3,(H2,29,30,34). The third-order valence-electron chi connectivity index (χ3n) is 5.52. The minimum absolute atomic E-state index is 0.141. The predicted octanol–water partition coefficient (Wildman–Crippen LogP) is 6.81. The van der Waals surface area contributed by atoms with E-state index in [9.17, 15) is 4.79 Å². The van der Waals surface area contributed by atoms with Crippen LogP contribution in [0.1, 0.15) is 22.5 Å². The van der Waals surface area contributed by atoms with Crippen molar-refractivity contribution in [2.45, 2.75) is 31.3 Å². The van der Waals surface area contributed by atoms with Crippen LogP contribution in [0.25, 0.3) is 5.69 Å². The molecule has 0 bridgehead atoms. The third-order valence-corrected chi connectivity index (χ3v) is 7.06. The molecule has 0 saturated carbocycles. The number of amides is 2. The molecule has 0 aliphatic carbocycles. The van der Waals surface area contributed by atoms with E-state index in [0.29, 0.717) is 38.2 Å². The molecule has 2 amide bonds. The SMILES string of the molecule is COc1cccc(CSc2nnc(CNC(=O)Nc3ccc(C)c(C)c3)n2-c2ccc(Cl)cc2Cl)c1. The van der Waals surface area contributed by atoms with Crippen molar-refractivity contribution >= 4 is 46.7 Å². The number of nitrogens with zero attached hydrogens (tertiary/aromatic N) is 3. The first kappa shape index (κ1) is 25.9. The van der Waals surface area contributed by atoms with Gasteiger partial charge in [0.2, 0.25) is 0 Å². The molecule has 4 aromatic rings. The number of carbonyl (C=O) groups is 1. The summed E-state index contributed by atoms with van der Waals surface area (Å²) in [6.07, 6.45) is 0. The second-order valence-electron chi connectivity index (χ2n) is 8.08. The van der Waals surface area contributed by atoms with Crippen LogP contribution in [-0.4, -0.2) is 27.9 Å². The third kappa shape index (κ3) is 6.32. The van der Waals surface area contributed by atoms with E-state index in [1.807, 2.05) is 66.9 Å². The number of anilines is 1. The molecule has 0 aliphatic rings. The van der Waals surface area contributed by atoms with Gasteiger partial charge in [0, 0.05) is 16.5 Å². The van der Waals surface area contributed by atoms with Crippen molar-refractivity contribution in [1.29, 1.82) is 0 Å². The number of benzene rings is 3. The minimum Gasteiger partial charge on any atom is -0.497 e. The van der Waals surface area contributed by atoms with E-state index in [1.54, 1.807) is 19.2 Å². The zero-order valence-corrected chi connectivity index (χ0v) is 22.3. The van der Waals surface area contributed by atoms with Gasteiger partial charge in [0.1, 0.15) is 5.75 Å². The Bertz CT molecular complexity index is 1390. The highest BCUT2D eigenvalue weighted by Crippen LogP contribution is 2.31. The van der Waals surface area contributed by atoms with Crippen molar-refractivity contribution in [3.63, 3.8) is 0 Å². The summed E-state index contributed by atoms with van der Waals surface area (Å²) in [5.41, 5.74) is 4.72. The normalized spacial score (nSPS) is 10.8. The van der Waals surface area contributed by atoms with E-state index < -0.39 is 0 Å². The largest absolute Gasteiger partial charge is 0.497 e. The number of rotatable bonds is 8. The van der Waals surface area contributed by atoms with Gasteiger partial charge in [-0.3, -0.25) is 4.57 Å². The Morgan fingerprint density at radius 1 is 1.03 bits per heavy atom. The van der Waals surface area contributed by atoms with Crippen molar-refractivity contribution < 1.29 is 9.53 Å². The number of aromatic nitrogens is 3. The molecule has 2 N–H and O–H groups in total. The number of urea groups is 1. The van der Waals surface area contributed by atoms with E-state index in [2.05, 4.69) is 20.8 Å². The molecule has 36 heavy (non-hydrogen) atoms. The van der Waals surface area contributed by atoms with Crippen LogP contribution in [0.3, 0.4) is 0 Å². The first-order valence-electron chi connectivity index (χ1n) is 11.1. The van der Waals surface area contributed by atoms with Crippen molar-refractivity contribution in [1.82, 2.24) is 20.1 Å². The monoisotopic (exact) mass is 541 g/mol. The Hall–Kier alpha value is -3.20. The van der Waals surface area contributed by atoms with Crippen LogP contribution in [0, 0.1) is 13.8 Å². The van der Waals surface area contributed by atoms with Gasteiger partial charge in [-0.1, -0.05) is 53.2 Å². The summed E-state index contributed by atoms with van der Waals surface area (Å²) in [4.78, 5) is 12.6. The van der Waals surface area contributed by atoms with Crippen molar-refractivity contribution in [3.8, 4) is 11.4 Å². The summed E-state index contributed by atoms with van der Waals surface area (Å²) in [7, 11) is 1.64. The number of nitrogens with one attached hydrogen (secondary N) is 2. The Morgan fingerprint density at radius 3 is 2.61 bits per heavy atom. The summed E-state index contributed by atoms with van der Waals surface area (Å²) in [5, 5.41) is 16.0. The molecule has 7 nitrogen and oxygen atoms in total. The fourth-order valence-electron chi connectivity index (χ4n) is 3.48. The van der Waals surface area contributed by atoms with Crippen LogP contribution in [0.15, 0.2) is 65.8 Å². The average molecular weight is 542 g/mol. The Balaban J connectivity index is 1.54. The topological polar surface area (TPSA) is 81.1 Å². The molecule has 0 aliphatic heterocycles. The first-order chi connectivity index (χ1) is 17.3. The van der Waals surface area contributed by atoms with Gasteiger partial charge in [-0.2, -0.15) is 0 Å². The number of hydrogen-bond donors (Lipinski definition) is 2. The minimum atomic E-state index is -0.347. The summed E-state index contributed by atoms with van der Waals surface area (Å²) < 4.78 is 7.15. The van der Waals surface area contributed by atoms with Crippen LogP contribution < -0.4 is 15.4 Å². The molecule has 0 atom stereocenters. The molecule has 1 aromatic heterocycles. The quantitative estimate of drug-likeness (QED) is 0.239. The Kier molecular flexibility index (Phi) is 8.40. The van der Waals surface area contributed by atoms with E-state index in [1.165, 1.54) is 11.8 Å². The van der Waals surface area contributed by atoms with Crippen LogP contribution in [0.2, 0.25) is 10.0 Å². The highest BCUT2D eigenvalue weighted by molar-refractivity contribution is 7.98. The fraction of sp³-hybridized carbons (Fsp3) is 0.192. The second kappa shape index (κ2) is 11.7. The van der Waals surface area contributed by atoms with Crippen molar-refractivity contribution in [2.24, 2.45) is 0 Å². The molecule has 0 fully saturated rings. The molecule has 10 heteroatoms. The lowest BCUT2D eigenvalue weighted by Gasteiger charge is -2.13. The number of carbonyl (C=O) groups excluding carboxylic acids is 1.